The van der Waals surface area contributed by atoms with E-state index in [2.05, 4.69) is 18.7 Å². The van der Waals surface area contributed by atoms with Gasteiger partial charge in [0.25, 0.3) is 5.09 Å². The predicted octanol–water partition coefficient (Wildman–Crippen LogP) is 2.24. The molecule has 3 saturated carbocycles. The van der Waals surface area contributed by atoms with Crippen LogP contribution in [-0.4, -0.2) is 73.5 Å². The Hall–Kier alpha value is -2.63. The lowest BCUT2D eigenvalue weighted by Crippen LogP contribution is -2.56. The van der Waals surface area contributed by atoms with E-state index in [1.165, 1.54) is 0 Å². The van der Waals surface area contributed by atoms with Crippen LogP contribution in [0.15, 0.2) is 23.8 Å². The molecule has 7 atom stereocenters. The Morgan fingerprint density at radius 2 is 1.84 bits per heavy atom. The van der Waals surface area contributed by atoms with Crippen LogP contribution in [0.1, 0.15) is 46.0 Å². The summed E-state index contributed by atoms with van der Waals surface area (Å²) >= 11 is 0. The van der Waals surface area contributed by atoms with Gasteiger partial charge in [0.1, 0.15) is 19.8 Å². The van der Waals surface area contributed by atoms with E-state index in [1.807, 2.05) is 6.08 Å². The van der Waals surface area contributed by atoms with Crippen molar-refractivity contribution in [2.75, 3.05) is 39.6 Å². The van der Waals surface area contributed by atoms with Gasteiger partial charge < -0.3 is 24.2 Å². The van der Waals surface area contributed by atoms with Crippen LogP contribution in [0, 0.1) is 44.6 Å². The first kappa shape index (κ1) is 28.4. The van der Waals surface area contributed by atoms with Gasteiger partial charge in [-0.05, 0) is 61.5 Å². The Bertz CT molecular complexity index is 1010. The summed E-state index contributed by atoms with van der Waals surface area (Å²) in [4.78, 5) is 51.4. The summed E-state index contributed by atoms with van der Waals surface area (Å²) in [5.74, 6) is -0.523. The Morgan fingerprint density at radius 3 is 2.61 bits per heavy atom. The standard InChI is InChI=1S/C27H37NO10/c1-26-8-7-18(29)13-17(26)3-4-19-20-5-6-21(27(20,2)14-22(30)25(19)26)23(31)15-37-24(32)16-36-10-9-35-11-12-38-28(33)34/h7-8,13,19-22,25,30H,3-6,9-12,14-16H2,1-2H3. The van der Waals surface area contributed by atoms with Gasteiger partial charge in [-0.25, -0.2) is 4.79 Å². The zero-order valence-electron chi connectivity index (χ0n) is 22.0. The topological polar surface area (TPSA) is 152 Å². The lowest BCUT2D eigenvalue weighted by Gasteiger charge is -2.58. The molecule has 0 aromatic carbocycles. The number of fused-ring (bicyclic) bond motifs is 5. The largest absolute Gasteiger partial charge is 0.456 e. The van der Waals surface area contributed by atoms with Gasteiger partial charge >= 0.3 is 5.97 Å². The predicted molar refractivity (Wildman–Crippen MR) is 132 cm³/mol. The average molecular weight is 536 g/mol. The summed E-state index contributed by atoms with van der Waals surface area (Å²) in [6.07, 6.45) is 8.55. The number of rotatable bonds is 12. The van der Waals surface area contributed by atoms with Gasteiger partial charge in [-0.3, -0.25) is 9.59 Å². The summed E-state index contributed by atoms with van der Waals surface area (Å²) in [5.41, 5.74) is 0.384. The van der Waals surface area contributed by atoms with E-state index in [4.69, 9.17) is 14.2 Å². The van der Waals surface area contributed by atoms with Crippen LogP contribution in [-0.2, 0) is 33.4 Å². The maximum Gasteiger partial charge on any atom is 0.332 e. The zero-order chi connectivity index (χ0) is 27.5. The van der Waals surface area contributed by atoms with Gasteiger partial charge in [-0.15, -0.1) is 10.1 Å². The number of nitrogens with zero attached hydrogens (tertiary/aromatic N) is 1. The van der Waals surface area contributed by atoms with Gasteiger partial charge in [-0.1, -0.05) is 25.5 Å². The highest BCUT2D eigenvalue weighted by Gasteiger charge is 2.62. The van der Waals surface area contributed by atoms with Crippen molar-refractivity contribution in [2.24, 2.45) is 34.5 Å². The van der Waals surface area contributed by atoms with Crippen molar-refractivity contribution in [1.29, 1.82) is 0 Å². The summed E-state index contributed by atoms with van der Waals surface area (Å²) in [5, 5.41) is 20.5. The number of allylic oxidation sites excluding steroid dienone is 4. The molecule has 7 unspecified atom stereocenters. The van der Waals surface area contributed by atoms with Gasteiger partial charge in [0.2, 0.25) is 0 Å². The number of carbonyl (C=O) groups excluding carboxylic acids is 3. The highest BCUT2D eigenvalue weighted by atomic mass is 17.0. The average Bonchev–Trinajstić information content (AvgIpc) is 3.20. The van der Waals surface area contributed by atoms with Crippen molar-refractivity contribution in [3.8, 4) is 0 Å². The molecule has 38 heavy (non-hydrogen) atoms. The molecule has 0 amide bonds. The quantitative estimate of drug-likeness (QED) is 0.170. The molecule has 4 aliphatic rings. The smallest absolute Gasteiger partial charge is 0.332 e. The Labute approximate surface area is 221 Å². The summed E-state index contributed by atoms with van der Waals surface area (Å²) < 4.78 is 15.4. The number of ether oxygens (including phenoxy) is 3. The highest BCUT2D eigenvalue weighted by molar-refractivity contribution is 6.01. The fraction of sp³-hybridized carbons (Fsp3) is 0.741. The van der Waals surface area contributed by atoms with E-state index in [0.29, 0.717) is 12.8 Å². The Morgan fingerprint density at radius 1 is 1.11 bits per heavy atom. The summed E-state index contributed by atoms with van der Waals surface area (Å²) in [7, 11) is 0. The fourth-order valence-electron chi connectivity index (χ4n) is 7.69. The van der Waals surface area contributed by atoms with E-state index in [1.54, 1.807) is 12.2 Å². The fourth-order valence-corrected chi connectivity index (χ4v) is 7.69. The molecule has 4 rings (SSSR count). The SMILES string of the molecule is CC12C=CC(=O)C=C1CCC1C2C(O)CC2(C)C(C(=O)COC(=O)COCCOCCO[N+](=O)[O-])CCC12. The maximum atomic E-state index is 13.2. The molecule has 11 nitrogen and oxygen atoms in total. The third-order valence-electron chi connectivity index (χ3n) is 9.27. The van der Waals surface area contributed by atoms with Crippen molar-refractivity contribution < 1.29 is 43.6 Å². The molecule has 0 aromatic rings. The number of esters is 1. The van der Waals surface area contributed by atoms with Gasteiger partial charge in [0.15, 0.2) is 11.6 Å². The first-order valence-electron chi connectivity index (χ1n) is 13.3. The van der Waals surface area contributed by atoms with E-state index in [9.17, 15) is 29.6 Å². The van der Waals surface area contributed by atoms with Crippen molar-refractivity contribution in [1.82, 2.24) is 0 Å². The number of aliphatic hydroxyl groups is 1. The molecule has 0 aromatic heterocycles. The molecular formula is C27H37NO10. The molecule has 0 bridgehead atoms. The molecule has 0 spiro atoms. The van der Waals surface area contributed by atoms with Gasteiger partial charge in [0, 0.05) is 17.3 Å². The molecular weight excluding hydrogens is 498 g/mol. The number of carbonyl (C=O) groups is 3. The van der Waals surface area contributed by atoms with Crippen LogP contribution in [0.5, 0.6) is 0 Å². The lowest BCUT2D eigenvalue weighted by atomic mass is 9.46. The summed E-state index contributed by atoms with van der Waals surface area (Å²) in [6, 6.07) is 0. The normalized spacial score (nSPS) is 35.5. The number of aliphatic hydroxyl groups excluding tert-OH is 1. The van der Waals surface area contributed by atoms with Gasteiger partial charge in [0.05, 0.1) is 25.9 Å². The molecule has 0 aliphatic heterocycles. The van der Waals surface area contributed by atoms with Crippen LogP contribution in [0.4, 0.5) is 0 Å². The van der Waals surface area contributed by atoms with Crippen LogP contribution in [0.25, 0.3) is 0 Å². The van der Waals surface area contributed by atoms with Crippen LogP contribution in [0.2, 0.25) is 0 Å². The van der Waals surface area contributed by atoms with Crippen molar-refractivity contribution in [3.63, 3.8) is 0 Å². The van der Waals surface area contributed by atoms with E-state index < -0.39 is 17.2 Å². The maximum absolute atomic E-state index is 13.2. The second kappa shape index (κ2) is 11.6. The van der Waals surface area contributed by atoms with Gasteiger partial charge in [-0.2, -0.15) is 0 Å². The second-order valence-corrected chi connectivity index (χ2v) is 11.3. The van der Waals surface area contributed by atoms with Crippen LogP contribution < -0.4 is 0 Å². The molecule has 1 N–H and O–H groups in total. The Balaban J connectivity index is 1.26. The molecule has 11 heteroatoms. The van der Waals surface area contributed by atoms with Crippen LogP contribution >= 0.6 is 0 Å². The third kappa shape index (κ3) is 5.69. The highest BCUT2D eigenvalue weighted by Crippen LogP contribution is 2.66. The first-order valence-corrected chi connectivity index (χ1v) is 13.3. The molecule has 0 radical (unpaired) electrons. The summed E-state index contributed by atoms with van der Waals surface area (Å²) in [6.45, 7) is 3.61. The third-order valence-corrected chi connectivity index (χ3v) is 9.27. The minimum absolute atomic E-state index is 0.00571. The number of hydrogen-bond donors (Lipinski definition) is 1. The minimum atomic E-state index is -0.905. The Kier molecular flexibility index (Phi) is 8.68. The van der Waals surface area contributed by atoms with E-state index in [-0.39, 0.29) is 85.7 Å². The number of hydrogen-bond acceptors (Lipinski definition) is 10. The van der Waals surface area contributed by atoms with Crippen molar-refractivity contribution >= 4 is 17.5 Å². The molecule has 3 fully saturated rings. The van der Waals surface area contributed by atoms with Crippen LogP contribution in [0.3, 0.4) is 0 Å². The van der Waals surface area contributed by atoms with E-state index >= 15 is 0 Å². The minimum Gasteiger partial charge on any atom is -0.456 e. The number of Topliss-reactive ketones (excluding diaryl/α,β-unsaturated/α-hetero) is 1. The molecule has 0 saturated heterocycles. The first-order chi connectivity index (χ1) is 18.1. The molecule has 210 valence electrons. The zero-order valence-corrected chi connectivity index (χ0v) is 22.0. The molecule has 0 heterocycles. The lowest BCUT2D eigenvalue weighted by molar-refractivity contribution is -0.758. The second-order valence-electron chi connectivity index (χ2n) is 11.3. The van der Waals surface area contributed by atoms with Crippen molar-refractivity contribution in [2.45, 2.75) is 52.1 Å². The monoisotopic (exact) mass is 535 g/mol. The number of ketones is 2. The molecule has 4 aliphatic carbocycles. The van der Waals surface area contributed by atoms with Crippen molar-refractivity contribution in [3.05, 3.63) is 33.9 Å². The van der Waals surface area contributed by atoms with E-state index in [0.717, 1.165) is 24.8 Å².